The van der Waals surface area contributed by atoms with E-state index in [1.165, 1.54) is 11.1 Å². The molecule has 158 valence electrons. The zero-order chi connectivity index (χ0) is 20.6. The fourth-order valence-corrected chi connectivity index (χ4v) is 3.92. The van der Waals surface area contributed by atoms with Gasteiger partial charge in [0.15, 0.2) is 0 Å². The molecular weight excluding hydrogens is 577 g/mol. The Bertz CT molecular complexity index is 643. The molecule has 0 aliphatic carbocycles. The van der Waals surface area contributed by atoms with Crippen molar-refractivity contribution in [2.75, 3.05) is 13.2 Å². The number of Topliss-reactive ketones (excluding diaryl/α,β-unsaturated/α-hetero) is 1. The molecule has 2 fully saturated rings. The summed E-state index contributed by atoms with van der Waals surface area (Å²) in [5, 5.41) is 48.9. The van der Waals surface area contributed by atoms with Crippen LogP contribution in [0.4, 0.5) is 0 Å². The third-order valence-electron chi connectivity index (χ3n) is 4.91. The predicted octanol–water partition coefficient (Wildman–Crippen LogP) is -3.53. The third kappa shape index (κ3) is 4.45. The van der Waals surface area contributed by atoms with Crippen LogP contribution in [0.2, 0.25) is 0 Å². The van der Waals surface area contributed by atoms with Crippen LogP contribution in [-0.2, 0) is 23.8 Å². The Morgan fingerprint density at radius 1 is 1.11 bits per heavy atom. The van der Waals surface area contributed by atoms with Crippen molar-refractivity contribution in [1.82, 2.24) is 4.90 Å². The molecule has 0 unspecified atom stereocenters. The van der Waals surface area contributed by atoms with Gasteiger partial charge in [0.1, 0.15) is 0 Å². The first-order chi connectivity index (χ1) is 13.2. The molecule has 3 aliphatic rings. The third-order valence-corrected chi connectivity index (χ3v) is 6.10. The molecule has 28 heavy (non-hydrogen) atoms. The molecule has 1 amide bonds. The van der Waals surface area contributed by atoms with E-state index < -0.39 is 61.7 Å². The molecular formula is C16H22AtNO10. The van der Waals surface area contributed by atoms with Crippen molar-refractivity contribution in [3.8, 4) is 0 Å². The zero-order valence-corrected chi connectivity index (χ0v) is 17.6. The van der Waals surface area contributed by atoms with E-state index in [9.17, 15) is 35.1 Å². The molecule has 11 nitrogen and oxygen atoms in total. The normalized spacial score (nSPS) is 42.1. The van der Waals surface area contributed by atoms with Crippen molar-refractivity contribution in [3.05, 3.63) is 9.48 Å². The summed E-state index contributed by atoms with van der Waals surface area (Å²) < 4.78 is 16.8. The van der Waals surface area contributed by atoms with Gasteiger partial charge in [-0.1, -0.05) is 0 Å². The van der Waals surface area contributed by atoms with Gasteiger partial charge < -0.3 is 10.2 Å². The summed E-state index contributed by atoms with van der Waals surface area (Å²) in [5.41, 5.74) is 0. The molecule has 2 saturated heterocycles. The molecule has 3 rings (SSSR count). The molecule has 3 aliphatic heterocycles. The van der Waals surface area contributed by atoms with Gasteiger partial charge >= 0.3 is 165 Å². The van der Waals surface area contributed by atoms with E-state index in [4.69, 9.17) is 14.2 Å². The van der Waals surface area contributed by atoms with Gasteiger partial charge in [-0.3, -0.25) is 0 Å². The van der Waals surface area contributed by atoms with E-state index in [2.05, 4.69) is 0 Å². The van der Waals surface area contributed by atoms with Crippen LogP contribution in [0.3, 0.4) is 0 Å². The second-order valence-corrected chi connectivity index (χ2v) is 8.42. The maximum absolute atomic E-state index is 12.1. The van der Waals surface area contributed by atoms with Crippen LogP contribution in [0.25, 0.3) is 0 Å². The monoisotopic (exact) mass is 599 g/mol. The summed E-state index contributed by atoms with van der Waals surface area (Å²) in [6.45, 7) is -0.814. The fourth-order valence-electron chi connectivity index (χ4n) is 3.25. The molecule has 12 heteroatoms. The second-order valence-electron chi connectivity index (χ2n) is 6.84. The summed E-state index contributed by atoms with van der Waals surface area (Å²) in [4.78, 5) is 25.0. The van der Waals surface area contributed by atoms with Gasteiger partial charge in [0.2, 0.25) is 0 Å². The maximum atomic E-state index is 12.1. The van der Waals surface area contributed by atoms with Crippen LogP contribution >= 0.6 is 0 Å². The Labute approximate surface area is 175 Å². The van der Waals surface area contributed by atoms with Crippen LogP contribution in [0.15, 0.2) is 9.48 Å². The molecule has 0 radical (unpaired) electrons. The quantitative estimate of drug-likeness (QED) is 0.200. The minimum atomic E-state index is -1.57. The van der Waals surface area contributed by atoms with Crippen molar-refractivity contribution >= 4 is 11.7 Å². The zero-order valence-electron chi connectivity index (χ0n) is 14.6. The summed E-state index contributed by atoms with van der Waals surface area (Å²) in [5.74, 6) is -0.656. The summed E-state index contributed by atoms with van der Waals surface area (Å²) in [6, 6.07) is 0. The number of rotatable bonds is 5. The van der Waals surface area contributed by atoms with Crippen molar-refractivity contribution in [2.45, 2.75) is 62.0 Å². The first-order valence-corrected chi connectivity index (χ1v) is 10.2. The van der Waals surface area contributed by atoms with Gasteiger partial charge in [0, 0.05) is 0 Å². The summed E-state index contributed by atoms with van der Waals surface area (Å²) in [7, 11) is 0. The Hall–Kier alpha value is -0.557. The number of carbonyl (C=O) groups is 2. The topological polar surface area (TPSA) is 166 Å². The number of nitrogens with zero attached hydrogens (tertiary/aromatic N) is 1. The molecule has 5 N–H and O–H groups in total. The summed E-state index contributed by atoms with van der Waals surface area (Å²) in [6.07, 6.45) is -8.38. The van der Waals surface area contributed by atoms with Crippen LogP contribution in [0, 0.1) is 24.7 Å². The van der Waals surface area contributed by atoms with Crippen LogP contribution < -0.4 is 0 Å². The van der Waals surface area contributed by atoms with E-state index >= 15 is 0 Å². The van der Waals surface area contributed by atoms with E-state index in [-0.39, 0.29) is 25.2 Å². The molecule has 0 bridgehead atoms. The van der Waals surface area contributed by atoms with Crippen molar-refractivity contribution < 1.29 is 74.1 Å². The molecule has 0 spiro atoms. The second kappa shape index (κ2) is 9.07. The molecule has 3 heterocycles. The number of allylic oxidation sites excluding steroid dienone is 1. The average Bonchev–Trinajstić information content (AvgIpc) is 3.02. The fraction of sp³-hybridized carbons (Fsp3) is 0.750. The van der Waals surface area contributed by atoms with Gasteiger partial charge in [-0.25, -0.2) is 0 Å². The number of hydrogen-bond donors (Lipinski definition) is 5. The molecule has 8 atom stereocenters. The van der Waals surface area contributed by atoms with Crippen molar-refractivity contribution in [1.29, 1.82) is 0 Å². The first kappa shape index (κ1) is 22.1. The van der Waals surface area contributed by atoms with E-state index in [0.29, 0.717) is 3.28 Å². The van der Waals surface area contributed by atoms with Crippen LogP contribution in [0.1, 0.15) is 12.8 Å². The van der Waals surface area contributed by atoms with E-state index in [0.717, 1.165) is 24.7 Å². The number of amides is 1. The molecule has 0 aromatic carbocycles. The number of ketones is 1. The Balaban J connectivity index is 1.58. The molecule has 0 saturated carbocycles. The van der Waals surface area contributed by atoms with Gasteiger partial charge in [-0.2, -0.15) is 0 Å². The van der Waals surface area contributed by atoms with Crippen molar-refractivity contribution in [2.24, 2.45) is 0 Å². The van der Waals surface area contributed by atoms with E-state index in [1.807, 2.05) is 0 Å². The Morgan fingerprint density at radius 2 is 1.82 bits per heavy atom. The number of ether oxygens (including phenoxy) is 3. The number of aliphatic hydroxyl groups excluding tert-OH is 5. The Kier molecular flexibility index (Phi) is 7.17. The van der Waals surface area contributed by atoms with Gasteiger partial charge in [-0.15, -0.1) is 0 Å². The van der Waals surface area contributed by atoms with Crippen molar-refractivity contribution in [3.63, 3.8) is 0 Å². The number of carbonyl (C=O) groups excluding carboxylic acids is 2. The van der Waals surface area contributed by atoms with Gasteiger partial charge in [-0.05, 0) is 0 Å². The molecule has 0 aromatic rings. The molecule has 0 aromatic heterocycles. The Morgan fingerprint density at radius 3 is 2.50 bits per heavy atom. The van der Waals surface area contributed by atoms with E-state index in [1.54, 1.807) is 0 Å². The standard InChI is InChI=1S/C16H22AtNO10/c17-6-3-18(11(22)1-7(6)20)12-2-8(21)10(27-12)5-26-16-15(25)14(24)13(23)9(4-19)28-16/h3,8-10,12-16,19,21,23-25H,1-2,4-5H2/t8-,9-,10-,12-,13+,14+,15-,16-/m1/s1/i17+1. The average molecular weight is 599 g/mol. The van der Waals surface area contributed by atoms with Crippen LogP contribution in [-0.4, -0.2) is 104 Å². The van der Waals surface area contributed by atoms with Gasteiger partial charge in [0.05, 0.1) is 0 Å². The van der Waals surface area contributed by atoms with Gasteiger partial charge in [0.25, 0.3) is 0 Å². The number of hydrogen-bond acceptors (Lipinski definition) is 10. The predicted molar refractivity (Wildman–Crippen MR) is 83.6 cm³/mol. The first-order valence-electron chi connectivity index (χ1n) is 8.70. The van der Waals surface area contributed by atoms with Crippen LogP contribution in [0.5, 0.6) is 0 Å². The summed E-state index contributed by atoms with van der Waals surface area (Å²) >= 11 is 1.15. The minimum absolute atomic E-state index is 0.110. The number of aliphatic hydroxyl groups is 5. The SMILES string of the molecule is O=C1CC(=O)N([C@H]2C[C@@H](O)[C@@H](CO[C@@H]3O[C@H](CO)[C@H](O)[C@H](O)[C@H]3O)O2)C=C1[211At].